The summed E-state index contributed by atoms with van der Waals surface area (Å²) < 4.78 is 17.2. The maximum absolute atomic E-state index is 12.5. The molecule has 2 saturated carbocycles. The van der Waals surface area contributed by atoms with E-state index in [1.807, 2.05) is 0 Å². The second kappa shape index (κ2) is 4.70. The molecule has 22 heavy (non-hydrogen) atoms. The molecule has 0 radical (unpaired) electrons. The first-order chi connectivity index (χ1) is 10.3. The fourth-order valence-electron chi connectivity index (χ4n) is 4.95. The van der Waals surface area contributed by atoms with E-state index in [2.05, 4.69) is 27.7 Å². The van der Waals surface area contributed by atoms with Gasteiger partial charge in [-0.05, 0) is 57.3 Å². The minimum Gasteiger partial charge on any atom is -0.465 e. The summed E-state index contributed by atoms with van der Waals surface area (Å²) in [7, 11) is 0. The van der Waals surface area contributed by atoms with E-state index in [1.54, 1.807) is 0 Å². The van der Waals surface area contributed by atoms with Gasteiger partial charge >= 0.3 is 5.97 Å². The second-order valence-electron chi connectivity index (χ2n) is 8.67. The largest absolute Gasteiger partial charge is 0.465 e. The highest BCUT2D eigenvalue weighted by molar-refractivity contribution is 5.73. The van der Waals surface area contributed by atoms with Crippen molar-refractivity contribution in [2.24, 2.45) is 23.7 Å². The Morgan fingerprint density at radius 2 is 1.64 bits per heavy atom. The van der Waals surface area contributed by atoms with Gasteiger partial charge in [0.2, 0.25) is 0 Å². The van der Waals surface area contributed by atoms with Crippen LogP contribution >= 0.6 is 0 Å². The molecule has 4 nitrogen and oxygen atoms in total. The maximum atomic E-state index is 12.5. The SMILES string of the molecule is CC1CC2(C)OC2CC1COC(=O)C1CC2OC2(C)CC1C. The summed E-state index contributed by atoms with van der Waals surface area (Å²) >= 11 is 0. The summed E-state index contributed by atoms with van der Waals surface area (Å²) in [6.45, 7) is 9.33. The first-order valence-corrected chi connectivity index (χ1v) is 8.83. The van der Waals surface area contributed by atoms with Crippen molar-refractivity contribution in [3.63, 3.8) is 0 Å². The van der Waals surface area contributed by atoms with Gasteiger partial charge in [-0.25, -0.2) is 0 Å². The molecule has 0 bridgehead atoms. The summed E-state index contributed by atoms with van der Waals surface area (Å²) in [6.07, 6.45) is 4.60. The van der Waals surface area contributed by atoms with Gasteiger partial charge in [-0.3, -0.25) is 4.79 Å². The van der Waals surface area contributed by atoms with E-state index < -0.39 is 0 Å². The number of epoxide rings is 2. The van der Waals surface area contributed by atoms with Crippen LogP contribution in [0, 0.1) is 23.7 Å². The van der Waals surface area contributed by atoms with Crippen molar-refractivity contribution >= 4 is 5.97 Å². The van der Waals surface area contributed by atoms with E-state index >= 15 is 0 Å². The lowest BCUT2D eigenvalue weighted by Crippen LogP contribution is -2.36. The van der Waals surface area contributed by atoms with Crippen molar-refractivity contribution in [3.8, 4) is 0 Å². The molecule has 8 unspecified atom stereocenters. The van der Waals surface area contributed by atoms with Crippen molar-refractivity contribution < 1.29 is 19.0 Å². The Morgan fingerprint density at radius 1 is 1.05 bits per heavy atom. The molecule has 8 atom stereocenters. The van der Waals surface area contributed by atoms with Gasteiger partial charge in [0.15, 0.2) is 0 Å². The molecule has 4 aliphatic rings. The second-order valence-corrected chi connectivity index (χ2v) is 8.67. The molecule has 2 aliphatic heterocycles. The quantitative estimate of drug-likeness (QED) is 0.594. The zero-order chi connectivity index (χ0) is 15.7. The average molecular weight is 308 g/mol. The van der Waals surface area contributed by atoms with Crippen LogP contribution in [-0.2, 0) is 19.0 Å². The van der Waals surface area contributed by atoms with Gasteiger partial charge in [0, 0.05) is 0 Å². The Balaban J connectivity index is 1.29. The van der Waals surface area contributed by atoms with E-state index in [-0.39, 0.29) is 29.2 Å². The molecule has 124 valence electrons. The Labute approximate surface area is 132 Å². The zero-order valence-electron chi connectivity index (χ0n) is 14.1. The minimum absolute atomic E-state index is 0.0118. The van der Waals surface area contributed by atoms with Gasteiger partial charge in [0.05, 0.1) is 35.9 Å². The highest BCUT2D eigenvalue weighted by Crippen LogP contribution is 2.53. The molecule has 0 aromatic rings. The molecular formula is C18H28O4. The van der Waals surface area contributed by atoms with Gasteiger partial charge in [0.25, 0.3) is 0 Å². The van der Waals surface area contributed by atoms with Gasteiger partial charge in [-0.2, -0.15) is 0 Å². The van der Waals surface area contributed by atoms with E-state index in [1.165, 1.54) is 0 Å². The fraction of sp³-hybridized carbons (Fsp3) is 0.944. The zero-order valence-corrected chi connectivity index (χ0v) is 14.1. The molecule has 0 spiro atoms. The summed E-state index contributed by atoms with van der Waals surface area (Å²) in [5, 5.41) is 0. The van der Waals surface area contributed by atoms with Crippen molar-refractivity contribution in [2.75, 3.05) is 6.61 Å². The van der Waals surface area contributed by atoms with Crippen LogP contribution in [0.4, 0.5) is 0 Å². The topological polar surface area (TPSA) is 51.4 Å². The molecular weight excluding hydrogens is 280 g/mol. The standard InChI is InChI=1S/C18H28O4/c1-10-7-17(3)14(21-17)5-12(10)9-20-16(19)13-6-15-18(4,22-15)8-11(13)2/h10-15H,5-9H2,1-4H3. The molecule has 0 amide bonds. The van der Waals surface area contributed by atoms with E-state index in [4.69, 9.17) is 14.2 Å². The van der Waals surface area contributed by atoms with Crippen molar-refractivity contribution in [1.29, 1.82) is 0 Å². The number of carbonyl (C=O) groups is 1. The lowest BCUT2D eigenvalue weighted by molar-refractivity contribution is -0.153. The average Bonchev–Trinajstić information content (AvgIpc) is 3.27. The predicted octanol–water partition coefficient (Wildman–Crippen LogP) is 2.94. The van der Waals surface area contributed by atoms with Crippen LogP contribution in [0.25, 0.3) is 0 Å². The number of ether oxygens (including phenoxy) is 3. The third kappa shape index (κ3) is 2.39. The van der Waals surface area contributed by atoms with Crippen LogP contribution in [-0.4, -0.2) is 36.0 Å². The van der Waals surface area contributed by atoms with Crippen LogP contribution in [0.2, 0.25) is 0 Å². The van der Waals surface area contributed by atoms with Gasteiger partial charge in [-0.1, -0.05) is 13.8 Å². The summed E-state index contributed by atoms with van der Waals surface area (Å²) in [5.41, 5.74) is 0.160. The Hall–Kier alpha value is -0.610. The van der Waals surface area contributed by atoms with Crippen LogP contribution in [0.15, 0.2) is 0 Å². The van der Waals surface area contributed by atoms with Gasteiger partial charge in [0.1, 0.15) is 0 Å². The fourth-order valence-corrected chi connectivity index (χ4v) is 4.95. The third-order valence-corrected chi connectivity index (χ3v) is 6.74. The number of fused-ring (bicyclic) bond motifs is 2. The highest BCUT2D eigenvalue weighted by atomic mass is 16.6. The Morgan fingerprint density at radius 3 is 2.32 bits per heavy atom. The molecule has 0 aromatic heterocycles. The molecule has 2 saturated heterocycles. The molecule has 0 N–H and O–H groups in total. The number of carbonyl (C=O) groups excluding carboxylic acids is 1. The first-order valence-electron chi connectivity index (χ1n) is 8.83. The number of esters is 1. The van der Waals surface area contributed by atoms with E-state index in [0.717, 1.165) is 25.7 Å². The first kappa shape index (κ1) is 14.9. The van der Waals surface area contributed by atoms with Crippen molar-refractivity contribution in [1.82, 2.24) is 0 Å². The number of hydrogen-bond donors (Lipinski definition) is 0. The smallest absolute Gasteiger partial charge is 0.309 e. The molecule has 4 heteroatoms. The lowest BCUT2D eigenvalue weighted by Gasteiger charge is -2.31. The normalized spacial score (nSPS) is 55.8. The summed E-state index contributed by atoms with van der Waals surface area (Å²) in [6, 6.07) is 0. The summed E-state index contributed by atoms with van der Waals surface area (Å²) in [4.78, 5) is 12.5. The monoisotopic (exact) mass is 308 g/mol. The molecule has 0 aromatic carbocycles. The van der Waals surface area contributed by atoms with Gasteiger partial charge in [-0.15, -0.1) is 0 Å². The van der Waals surface area contributed by atoms with Gasteiger partial charge < -0.3 is 14.2 Å². The van der Waals surface area contributed by atoms with Crippen LogP contribution < -0.4 is 0 Å². The van der Waals surface area contributed by atoms with Crippen molar-refractivity contribution in [3.05, 3.63) is 0 Å². The lowest BCUT2D eigenvalue weighted by atomic mass is 9.75. The van der Waals surface area contributed by atoms with Crippen LogP contribution in [0.5, 0.6) is 0 Å². The molecule has 2 aliphatic carbocycles. The van der Waals surface area contributed by atoms with Crippen molar-refractivity contribution in [2.45, 2.75) is 76.8 Å². The maximum Gasteiger partial charge on any atom is 0.309 e. The Bertz CT molecular complexity index is 491. The van der Waals surface area contributed by atoms with E-state index in [9.17, 15) is 4.79 Å². The highest BCUT2D eigenvalue weighted by Gasteiger charge is 2.59. The molecule has 4 rings (SSSR count). The predicted molar refractivity (Wildman–Crippen MR) is 81.3 cm³/mol. The minimum atomic E-state index is -0.0118. The van der Waals surface area contributed by atoms with Crippen LogP contribution in [0.3, 0.4) is 0 Å². The number of hydrogen-bond acceptors (Lipinski definition) is 4. The third-order valence-electron chi connectivity index (χ3n) is 6.74. The van der Waals surface area contributed by atoms with Crippen LogP contribution in [0.1, 0.15) is 53.4 Å². The number of rotatable bonds is 3. The Kier molecular flexibility index (Phi) is 3.19. The molecule has 2 heterocycles. The van der Waals surface area contributed by atoms with E-state index in [0.29, 0.717) is 30.5 Å². The summed E-state index contributed by atoms with van der Waals surface area (Å²) in [5.74, 6) is 1.38. The molecule has 4 fully saturated rings.